The summed E-state index contributed by atoms with van der Waals surface area (Å²) in [5.41, 5.74) is -1.34. The van der Waals surface area contributed by atoms with Crippen molar-refractivity contribution in [3.05, 3.63) is 28.4 Å². The molecular formula is C6H3BrF3N. The predicted molar refractivity (Wildman–Crippen MR) is 36.9 cm³/mol. The number of nitrogens with zero attached hydrogens (tertiary/aromatic N) is 1. The van der Waals surface area contributed by atoms with Gasteiger partial charge in [0, 0.05) is 10.6 Å². The van der Waals surface area contributed by atoms with E-state index in [2.05, 4.69) is 20.9 Å². The molecule has 1 aromatic rings. The Morgan fingerprint density at radius 1 is 1.55 bits per heavy atom. The van der Waals surface area contributed by atoms with Gasteiger partial charge in [-0.25, -0.2) is 0 Å². The van der Waals surface area contributed by atoms with Crippen LogP contribution in [0, 0.1) is 0 Å². The number of halogens is 4. The van der Waals surface area contributed by atoms with Gasteiger partial charge in [-0.1, -0.05) is 0 Å². The van der Waals surface area contributed by atoms with Crippen molar-refractivity contribution in [2.24, 2.45) is 0 Å². The third-order valence-corrected chi connectivity index (χ3v) is 1.45. The lowest BCUT2D eigenvalue weighted by atomic mass is 10.3. The van der Waals surface area contributed by atoms with Gasteiger partial charge in [0.1, 0.15) is 0 Å². The van der Waals surface area contributed by atoms with E-state index in [-0.39, 0.29) is 0 Å². The second-order valence-corrected chi connectivity index (χ2v) is 2.43. The molecule has 1 nitrogen and oxygen atoms in total. The van der Waals surface area contributed by atoms with Gasteiger partial charge >= 0.3 is 6.18 Å². The van der Waals surface area contributed by atoms with Crippen molar-refractivity contribution in [1.82, 2.24) is 4.98 Å². The average Bonchev–Trinajstić information content (AvgIpc) is 2.06. The third-order valence-electron chi connectivity index (χ3n) is 0.872. The Morgan fingerprint density at radius 2 is 2.18 bits per heavy atom. The van der Waals surface area contributed by atoms with Gasteiger partial charge in [-0.2, -0.15) is 13.2 Å². The first-order chi connectivity index (χ1) is 6.25. The molecule has 11 heavy (non-hydrogen) atoms. The molecule has 60 valence electrons. The maximum atomic E-state index is 12.2. The predicted octanol–water partition coefficient (Wildman–Crippen LogP) is 2.86. The molecule has 5 heteroatoms. The molecule has 0 atom stereocenters. The molecule has 1 heterocycles. The Bertz CT molecular complexity index is 380. The lowest BCUT2D eigenvalue weighted by molar-refractivity contribution is -0.141. The number of rotatable bonds is 0. The molecule has 0 fully saturated rings. The molecule has 0 bridgehead atoms. The molecule has 0 aromatic carbocycles. The van der Waals surface area contributed by atoms with E-state index in [9.17, 15) is 13.2 Å². The highest BCUT2D eigenvalue weighted by Gasteiger charge is 2.34. The minimum absolute atomic E-state index is 0.606. The van der Waals surface area contributed by atoms with Gasteiger partial charge in [-0.05, 0) is 28.0 Å². The summed E-state index contributed by atoms with van der Waals surface area (Å²) in [6.45, 7) is 0. The van der Waals surface area contributed by atoms with Crippen LogP contribution in [0.1, 0.15) is 9.81 Å². The highest BCUT2D eigenvalue weighted by Crippen LogP contribution is 2.32. The average molecular weight is 229 g/mol. The molecule has 0 spiro atoms. The lowest BCUT2D eigenvalue weighted by Crippen LogP contribution is -2.08. The molecule has 0 saturated heterocycles. The lowest BCUT2D eigenvalue weighted by Gasteiger charge is -2.05. The van der Waals surface area contributed by atoms with Crippen LogP contribution in [0.4, 0.5) is 13.2 Å². The quantitative estimate of drug-likeness (QED) is 0.666. The zero-order valence-corrected chi connectivity index (χ0v) is 6.55. The summed E-state index contributed by atoms with van der Waals surface area (Å²) < 4.78 is 57.2. The molecule has 0 aliphatic carbocycles. The van der Waals surface area contributed by atoms with E-state index in [0.29, 0.717) is 0 Å². The maximum Gasteiger partial charge on any atom is 0.434 e. The first-order valence-corrected chi connectivity index (χ1v) is 3.25. The number of hydrogen-bond acceptors (Lipinski definition) is 1. The second kappa shape index (κ2) is 2.81. The van der Waals surface area contributed by atoms with Gasteiger partial charge in [-0.3, -0.25) is 4.98 Å². The molecule has 0 saturated carbocycles. The van der Waals surface area contributed by atoms with Crippen molar-refractivity contribution in [2.75, 3.05) is 0 Å². The van der Waals surface area contributed by atoms with Crippen LogP contribution in [0.5, 0.6) is 0 Å². The Balaban J connectivity index is 3.49. The monoisotopic (exact) mass is 228 g/mol. The fraction of sp³-hybridized carbons (Fsp3) is 0.167. The highest BCUT2D eigenvalue weighted by molar-refractivity contribution is 9.10. The van der Waals surface area contributed by atoms with E-state index in [1.165, 1.54) is 0 Å². The van der Waals surface area contributed by atoms with Crippen LogP contribution in [0.15, 0.2) is 22.7 Å². The van der Waals surface area contributed by atoms with E-state index < -0.39 is 34.6 Å². The zero-order chi connectivity index (χ0) is 11.1. The molecule has 0 unspecified atom stereocenters. The van der Waals surface area contributed by atoms with Crippen LogP contribution in [-0.4, -0.2) is 4.98 Å². The number of aromatic nitrogens is 1. The highest BCUT2D eigenvalue weighted by atomic mass is 79.9. The molecule has 0 N–H and O–H groups in total. The van der Waals surface area contributed by atoms with Crippen molar-refractivity contribution in [2.45, 2.75) is 6.18 Å². The number of hydrogen-bond donors (Lipinski definition) is 0. The largest absolute Gasteiger partial charge is 0.434 e. The van der Waals surface area contributed by atoms with Crippen LogP contribution < -0.4 is 0 Å². The summed E-state index contributed by atoms with van der Waals surface area (Å²) in [6, 6.07) is -1.32. The van der Waals surface area contributed by atoms with E-state index in [0.717, 1.165) is 0 Å². The Kier molecular flexibility index (Phi) is 1.31. The summed E-state index contributed by atoms with van der Waals surface area (Å²) in [4.78, 5) is 2.89. The van der Waals surface area contributed by atoms with E-state index in [4.69, 9.17) is 4.11 Å². The summed E-state index contributed by atoms with van der Waals surface area (Å²) in [5, 5.41) is 0. The smallest absolute Gasteiger partial charge is 0.251 e. The maximum absolute atomic E-state index is 12.2. The topological polar surface area (TPSA) is 12.9 Å². The first-order valence-electron chi connectivity index (χ1n) is 3.95. The summed E-state index contributed by atoms with van der Waals surface area (Å²) in [6.07, 6.45) is -5.58. The second-order valence-electron chi connectivity index (χ2n) is 1.63. The normalized spacial score (nSPS) is 15.5. The van der Waals surface area contributed by atoms with Crippen molar-refractivity contribution in [1.29, 1.82) is 0 Å². The molecule has 0 radical (unpaired) electrons. The van der Waals surface area contributed by atoms with Gasteiger partial charge in [0.05, 0.1) is 4.11 Å². The SMILES string of the molecule is [2H]c1nc(C(F)(F)F)c(Br)c([2H])c1[2H]. The third kappa shape index (κ3) is 1.92. The number of alkyl halides is 3. The standard InChI is InChI=1S/C6H3BrF3N/c7-4-2-1-3-11-5(4)6(8,9)10/h1-3H/i1D,2D,3D. The van der Waals surface area contributed by atoms with Crippen molar-refractivity contribution < 1.29 is 17.3 Å². The number of pyridine rings is 1. The molecule has 0 amide bonds. The van der Waals surface area contributed by atoms with E-state index in [1.807, 2.05) is 0 Å². The van der Waals surface area contributed by atoms with Crippen molar-refractivity contribution >= 4 is 15.9 Å². The van der Waals surface area contributed by atoms with Crippen LogP contribution >= 0.6 is 15.9 Å². The fourth-order valence-corrected chi connectivity index (χ4v) is 0.875. The van der Waals surface area contributed by atoms with Crippen LogP contribution in [0.25, 0.3) is 0 Å². The van der Waals surface area contributed by atoms with Crippen LogP contribution in [0.3, 0.4) is 0 Å². The molecule has 1 rings (SSSR count). The fourth-order valence-electron chi connectivity index (χ4n) is 0.463. The molecule has 0 aliphatic heterocycles. The first kappa shape index (κ1) is 5.13. The van der Waals surface area contributed by atoms with Crippen LogP contribution in [0.2, 0.25) is 0 Å². The van der Waals surface area contributed by atoms with Gasteiger partial charge in [0.15, 0.2) is 5.69 Å². The van der Waals surface area contributed by atoms with E-state index in [1.54, 1.807) is 0 Å². The van der Waals surface area contributed by atoms with Gasteiger partial charge in [0.25, 0.3) is 0 Å². The van der Waals surface area contributed by atoms with Crippen molar-refractivity contribution in [3.63, 3.8) is 0 Å². The zero-order valence-electron chi connectivity index (χ0n) is 7.96. The Hall–Kier alpha value is -0.580. The van der Waals surface area contributed by atoms with Crippen LogP contribution in [-0.2, 0) is 6.18 Å². The molecule has 0 aliphatic rings. The Labute approximate surface area is 73.6 Å². The van der Waals surface area contributed by atoms with Gasteiger partial charge in [0.2, 0.25) is 0 Å². The summed E-state index contributed by atoms with van der Waals surface area (Å²) in [7, 11) is 0. The molecule has 1 aromatic heterocycles. The van der Waals surface area contributed by atoms with Crippen molar-refractivity contribution in [3.8, 4) is 0 Å². The minimum atomic E-state index is -4.72. The van der Waals surface area contributed by atoms with Gasteiger partial charge < -0.3 is 0 Å². The minimum Gasteiger partial charge on any atom is -0.251 e. The Morgan fingerprint density at radius 3 is 2.73 bits per heavy atom. The summed E-state index contributed by atoms with van der Waals surface area (Å²) in [5.74, 6) is 0. The van der Waals surface area contributed by atoms with Gasteiger partial charge in [-0.15, -0.1) is 0 Å². The summed E-state index contributed by atoms with van der Waals surface area (Å²) >= 11 is 2.53. The van der Waals surface area contributed by atoms with E-state index >= 15 is 0 Å². The molecular weight excluding hydrogens is 223 g/mol.